The van der Waals surface area contributed by atoms with Crippen molar-refractivity contribution < 1.29 is 0 Å². The predicted octanol–water partition coefficient (Wildman–Crippen LogP) is 5.97. The van der Waals surface area contributed by atoms with Crippen LogP contribution in [0.2, 0.25) is 0 Å². The second-order valence-electron chi connectivity index (χ2n) is 7.01. The first-order valence-electron chi connectivity index (χ1n) is 9.43. The molecule has 1 heterocycles. The maximum atomic E-state index is 3.30. The number of rotatable bonds is 8. The standard InChI is InChI=1S/C23H32N2S/c1-5-25-18-19-26-22(25)16-10-8-6-7-9-13-17-23(2,3)20-14-11-12-15-21(20)24-4/h6-16,24H,5,17-19H2,1-4H3/b7-6+,10-8+,13-9+,22-16-. The normalized spacial score (nSPS) is 17.4. The molecule has 0 unspecified atom stereocenters. The molecule has 1 aromatic rings. The van der Waals surface area contributed by atoms with E-state index in [-0.39, 0.29) is 5.41 Å². The summed E-state index contributed by atoms with van der Waals surface area (Å²) in [5.74, 6) is 1.21. The lowest BCUT2D eigenvalue weighted by molar-refractivity contribution is 0.426. The first-order valence-corrected chi connectivity index (χ1v) is 10.4. The Kier molecular flexibility index (Phi) is 8.11. The molecule has 0 aromatic heterocycles. The average Bonchev–Trinajstić information content (AvgIpc) is 3.11. The highest BCUT2D eigenvalue weighted by Crippen LogP contribution is 2.32. The minimum atomic E-state index is 0.105. The third-order valence-electron chi connectivity index (χ3n) is 4.68. The van der Waals surface area contributed by atoms with E-state index in [0.29, 0.717) is 0 Å². The van der Waals surface area contributed by atoms with Crippen molar-refractivity contribution in [1.29, 1.82) is 0 Å². The molecule has 1 saturated heterocycles. The highest BCUT2D eigenvalue weighted by Gasteiger charge is 2.21. The zero-order valence-corrected chi connectivity index (χ0v) is 17.4. The Bertz CT molecular complexity index is 683. The molecular formula is C23H32N2S. The van der Waals surface area contributed by atoms with E-state index in [1.54, 1.807) is 0 Å². The van der Waals surface area contributed by atoms with Crippen LogP contribution in [-0.4, -0.2) is 30.8 Å². The summed E-state index contributed by atoms with van der Waals surface area (Å²) in [6.45, 7) is 9.07. The Morgan fingerprint density at radius 3 is 2.62 bits per heavy atom. The number of nitrogens with one attached hydrogen (secondary N) is 1. The highest BCUT2D eigenvalue weighted by molar-refractivity contribution is 8.03. The molecule has 26 heavy (non-hydrogen) atoms. The van der Waals surface area contributed by atoms with E-state index in [0.717, 1.165) is 13.0 Å². The van der Waals surface area contributed by atoms with Crippen LogP contribution in [0.3, 0.4) is 0 Å². The van der Waals surface area contributed by atoms with Crippen molar-refractivity contribution in [1.82, 2.24) is 4.90 Å². The van der Waals surface area contributed by atoms with Crippen molar-refractivity contribution in [2.45, 2.75) is 32.6 Å². The van der Waals surface area contributed by atoms with Crippen LogP contribution >= 0.6 is 11.8 Å². The molecule has 2 nitrogen and oxygen atoms in total. The summed E-state index contributed by atoms with van der Waals surface area (Å²) in [7, 11) is 1.99. The number of allylic oxidation sites excluding steroid dienone is 7. The Morgan fingerprint density at radius 1 is 1.12 bits per heavy atom. The number of hydrogen-bond donors (Lipinski definition) is 1. The van der Waals surface area contributed by atoms with Gasteiger partial charge in [-0.05, 0) is 36.5 Å². The number of nitrogens with zero attached hydrogens (tertiary/aromatic N) is 1. The van der Waals surface area contributed by atoms with E-state index < -0.39 is 0 Å². The molecule has 0 amide bonds. The fourth-order valence-electron chi connectivity index (χ4n) is 3.10. The van der Waals surface area contributed by atoms with Crippen molar-refractivity contribution in [2.75, 3.05) is 31.2 Å². The second-order valence-corrected chi connectivity index (χ2v) is 8.13. The summed E-state index contributed by atoms with van der Waals surface area (Å²) in [4.78, 5) is 2.42. The third-order valence-corrected chi connectivity index (χ3v) is 5.75. The molecule has 1 aliphatic rings. The lowest BCUT2D eigenvalue weighted by Gasteiger charge is -2.26. The highest BCUT2D eigenvalue weighted by atomic mass is 32.2. The first kappa shape index (κ1) is 20.4. The van der Waals surface area contributed by atoms with E-state index in [4.69, 9.17) is 0 Å². The molecule has 1 aromatic carbocycles. The largest absolute Gasteiger partial charge is 0.388 e. The molecule has 0 atom stereocenters. The number of thioether (sulfide) groups is 1. The van der Waals surface area contributed by atoms with Gasteiger partial charge in [0.15, 0.2) is 0 Å². The zero-order valence-electron chi connectivity index (χ0n) is 16.5. The van der Waals surface area contributed by atoms with Gasteiger partial charge in [0.2, 0.25) is 0 Å². The van der Waals surface area contributed by atoms with Gasteiger partial charge in [-0.3, -0.25) is 0 Å². The Hall–Kier alpha value is -1.87. The van der Waals surface area contributed by atoms with Gasteiger partial charge in [0, 0.05) is 31.6 Å². The van der Waals surface area contributed by atoms with E-state index >= 15 is 0 Å². The number of anilines is 1. The minimum absolute atomic E-state index is 0.105. The quantitative estimate of drug-likeness (QED) is 0.569. The van der Waals surface area contributed by atoms with E-state index in [2.05, 4.69) is 97.8 Å². The van der Waals surface area contributed by atoms with Crippen molar-refractivity contribution in [3.05, 3.63) is 77.4 Å². The van der Waals surface area contributed by atoms with Crippen LogP contribution in [-0.2, 0) is 5.41 Å². The van der Waals surface area contributed by atoms with Gasteiger partial charge in [0.1, 0.15) is 0 Å². The summed E-state index contributed by atoms with van der Waals surface area (Å²) in [6, 6.07) is 8.55. The van der Waals surface area contributed by atoms with Gasteiger partial charge in [0.25, 0.3) is 0 Å². The smallest absolute Gasteiger partial charge is 0.0708 e. The van der Waals surface area contributed by atoms with E-state index in [1.807, 2.05) is 18.8 Å². The molecule has 2 rings (SSSR count). The van der Waals surface area contributed by atoms with E-state index in [9.17, 15) is 0 Å². The van der Waals surface area contributed by atoms with Gasteiger partial charge in [-0.1, -0.05) is 68.5 Å². The molecule has 0 radical (unpaired) electrons. The SMILES string of the molecule is CCN1CCS\C1=C/C=C/C=C/C=C/CC(C)(C)c1ccccc1NC. The van der Waals surface area contributed by atoms with Crippen LogP contribution in [0.1, 0.15) is 32.8 Å². The third kappa shape index (κ3) is 5.84. The topological polar surface area (TPSA) is 15.3 Å². The van der Waals surface area contributed by atoms with E-state index in [1.165, 1.54) is 28.6 Å². The fraction of sp³-hybridized carbons (Fsp3) is 0.391. The molecular weight excluding hydrogens is 336 g/mol. The second kappa shape index (κ2) is 10.3. The molecule has 140 valence electrons. The Morgan fingerprint density at radius 2 is 1.85 bits per heavy atom. The fourth-order valence-corrected chi connectivity index (χ4v) is 4.20. The molecule has 1 N–H and O–H groups in total. The van der Waals surface area contributed by atoms with Crippen LogP contribution < -0.4 is 5.32 Å². The summed E-state index contributed by atoms with van der Waals surface area (Å²) >= 11 is 1.94. The van der Waals surface area contributed by atoms with Crippen LogP contribution in [0.15, 0.2) is 71.8 Å². The Labute approximate surface area is 163 Å². The molecule has 1 aliphatic heterocycles. The molecule has 0 aliphatic carbocycles. The zero-order chi connectivity index (χ0) is 18.8. The van der Waals surface area contributed by atoms with Crippen molar-refractivity contribution in [3.8, 4) is 0 Å². The molecule has 3 heteroatoms. The lowest BCUT2D eigenvalue weighted by Crippen LogP contribution is -2.17. The Balaban J connectivity index is 1.85. The van der Waals surface area contributed by atoms with Crippen LogP contribution in [0.4, 0.5) is 5.69 Å². The summed E-state index contributed by atoms with van der Waals surface area (Å²) in [5, 5.41) is 4.69. The van der Waals surface area contributed by atoms with Crippen molar-refractivity contribution in [3.63, 3.8) is 0 Å². The van der Waals surface area contributed by atoms with Gasteiger partial charge >= 0.3 is 0 Å². The molecule has 0 spiro atoms. The first-order chi connectivity index (χ1) is 12.6. The van der Waals surface area contributed by atoms with Gasteiger partial charge in [-0.15, -0.1) is 11.8 Å². The van der Waals surface area contributed by atoms with Crippen molar-refractivity contribution >= 4 is 17.4 Å². The van der Waals surface area contributed by atoms with Crippen LogP contribution in [0.5, 0.6) is 0 Å². The predicted molar refractivity (Wildman–Crippen MR) is 119 cm³/mol. The number of benzene rings is 1. The summed E-state index contributed by atoms with van der Waals surface area (Å²) < 4.78 is 0. The van der Waals surface area contributed by atoms with Crippen LogP contribution in [0.25, 0.3) is 0 Å². The average molecular weight is 369 g/mol. The molecule has 0 bridgehead atoms. The lowest BCUT2D eigenvalue weighted by atomic mass is 9.80. The number of hydrogen-bond acceptors (Lipinski definition) is 3. The monoisotopic (exact) mass is 368 g/mol. The van der Waals surface area contributed by atoms with Gasteiger partial charge in [-0.2, -0.15) is 0 Å². The van der Waals surface area contributed by atoms with Gasteiger partial charge < -0.3 is 10.2 Å². The molecule has 1 fully saturated rings. The maximum Gasteiger partial charge on any atom is 0.0708 e. The van der Waals surface area contributed by atoms with Gasteiger partial charge in [0.05, 0.1) is 5.03 Å². The van der Waals surface area contributed by atoms with Crippen molar-refractivity contribution in [2.24, 2.45) is 0 Å². The summed E-state index contributed by atoms with van der Waals surface area (Å²) in [6.07, 6.45) is 16.1. The maximum absolute atomic E-state index is 3.30. The molecule has 0 saturated carbocycles. The number of para-hydroxylation sites is 1. The minimum Gasteiger partial charge on any atom is -0.388 e. The van der Waals surface area contributed by atoms with Crippen LogP contribution in [0, 0.1) is 0 Å². The summed E-state index contributed by atoms with van der Waals surface area (Å²) in [5.41, 5.74) is 2.67. The van der Waals surface area contributed by atoms with Gasteiger partial charge in [-0.25, -0.2) is 0 Å².